The zero-order chi connectivity index (χ0) is 14.0. The molecular formula is C13H16N4O2. The molecule has 1 aromatic heterocycles. The third-order valence-corrected chi connectivity index (χ3v) is 3.04. The maximum Gasteiger partial charge on any atom is 0.187 e. The fraction of sp³-hybridized carbons (Fsp3) is 0.308. The molecule has 100 valence electrons. The van der Waals surface area contributed by atoms with E-state index in [9.17, 15) is 0 Å². The molecule has 2 N–H and O–H groups in total. The molecule has 0 fully saturated rings. The van der Waals surface area contributed by atoms with Gasteiger partial charge in [-0.25, -0.2) is 4.98 Å². The minimum absolute atomic E-state index is 0.309. The number of benzene rings is 1. The number of nitrogens with zero attached hydrogens (tertiary/aromatic N) is 3. The Morgan fingerprint density at radius 2 is 1.84 bits per heavy atom. The van der Waals surface area contributed by atoms with Crippen molar-refractivity contribution < 1.29 is 9.47 Å². The second-order valence-electron chi connectivity index (χ2n) is 4.11. The summed E-state index contributed by atoms with van der Waals surface area (Å²) >= 11 is 0. The smallest absolute Gasteiger partial charge is 0.187 e. The largest absolute Gasteiger partial charge is 0.496 e. The zero-order valence-electron chi connectivity index (χ0n) is 11.4. The van der Waals surface area contributed by atoms with Gasteiger partial charge in [0.1, 0.15) is 17.3 Å². The summed E-state index contributed by atoms with van der Waals surface area (Å²) in [6.45, 7) is 3.93. The highest BCUT2D eigenvalue weighted by Crippen LogP contribution is 2.38. The lowest BCUT2D eigenvalue weighted by atomic mass is 10.0. The van der Waals surface area contributed by atoms with Crippen molar-refractivity contribution in [2.24, 2.45) is 0 Å². The number of hydrogen-bond acceptors (Lipinski definition) is 6. The number of ether oxygens (including phenoxy) is 2. The maximum absolute atomic E-state index is 5.64. The molecule has 0 atom stereocenters. The molecule has 6 nitrogen and oxygen atoms in total. The molecule has 0 radical (unpaired) electrons. The standard InChI is InChI=1S/C13H16N4O2/c1-7-8(2)12(19-4)9(5-10(7)18-3)13-16-11(14)6-15-17-13/h5-6H,1-4H3,(H2,14,16,17). The van der Waals surface area contributed by atoms with Crippen molar-refractivity contribution in [2.45, 2.75) is 13.8 Å². The molecule has 0 amide bonds. The molecule has 1 heterocycles. The van der Waals surface area contributed by atoms with Crippen LogP contribution in [-0.2, 0) is 0 Å². The van der Waals surface area contributed by atoms with Crippen LogP contribution in [0.5, 0.6) is 11.5 Å². The van der Waals surface area contributed by atoms with Crippen LogP contribution in [0.25, 0.3) is 11.4 Å². The third-order valence-electron chi connectivity index (χ3n) is 3.04. The van der Waals surface area contributed by atoms with E-state index in [-0.39, 0.29) is 0 Å². The fourth-order valence-electron chi connectivity index (χ4n) is 1.93. The van der Waals surface area contributed by atoms with E-state index in [0.717, 1.165) is 16.9 Å². The molecule has 19 heavy (non-hydrogen) atoms. The number of anilines is 1. The van der Waals surface area contributed by atoms with E-state index < -0.39 is 0 Å². The van der Waals surface area contributed by atoms with E-state index in [1.165, 1.54) is 6.20 Å². The van der Waals surface area contributed by atoms with E-state index >= 15 is 0 Å². The number of nitrogen functional groups attached to an aromatic ring is 1. The summed E-state index contributed by atoms with van der Waals surface area (Å²) in [5.74, 6) is 2.17. The first kappa shape index (κ1) is 13.1. The van der Waals surface area contributed by atoms with Gasteiger partial charge in [-0.1, -0.05) is 0 Å². The first-order valence-electron chi connectivity index (χ1n) is 5.76. The molecule has 0 aliphatic rings. The van der Waals surface area contributed by atoms with Crippen LogP contribution in [0.4, 0.5) is 5.82 Å². The molecule has 2 rings (SSSR count). The van der Waals surface area contributed by atoms with Crippen LogP contribution in [0.15, 0.2) is 12.3 Å². The van der Waals surface area contributed by atoms with Crippen LogP contribution in [0.2, 0.25) is 0 Å². The Labute approximate surface area is 111 Å². The Bertz CT molecular complexity index is 614. The van der Waals surface area contributed by atoms with Crippen molar-refractivity contribution in [2.75, 3.05) is 20.0 Å². The van der Waals surface area contributed by atoms with Gasteiger partial charge in [0.05, 0.1) is 26.0 Å². The average molecular weight is 260 g/mol. The fourth-order valence-corrected chi connectivity index (χ4v) is 1.93. The highest BCUT2D eigenvalue weighted by molar-refractivity contribution is 5.71. The summed E-state index contributed by atoms with van der Waals surface area (Å²) in [4.78, 5) is 4.17. The van der Waals surface area contributed by atoms with E-state index in [4.69, 9.17) is 15.2 Å². The van der Waals surface area contributed by atoms with E-state index in [2.05, 4.69) is 15.2 Å². The summed E-state index contributed by atoms with van der Waals surface area (Å²) in [6.07, 6.45) is 1.40. The molecule has 0 saturated carbocycles. The minimum Gasteiger partial charge on any atom is -0.496 e. The van der Waals surface area contributed by atoms with Crippen molar-refractivity contribution in [3.8, 4) is 22.9 Å². The molecule has 1 aromatic carbocycles. The lowest BCUT2D eigenvalue weighted by Gasteiger charge is -2.15. The molecule has 6 heteroatoms. The lowest BCUT2D eigenvalue weighted by molar-refractivity contribution is 0.399. The molecule has 0 aliphatic heterocycles. The van der Waals surface area contributed by atoms with Crippen LogP contribution < -0.4 is 15.2 Å². The van der Waals surface area contributed by atoms with Gasteiger partial charge in [-0.15, -0.1) is 5.10 Å². The summed E-state index contributed by atoms with van der Waals surface area (Å²) in [5.41, 5.74) is 8.34. The summed E-state index contributed by atoms with van der Waals surface area (Å²) in [5, 5.41) is 7.80. The van der Waals surface area contributed by atoms with Crippen LogP contribution in [-0.4, -0.2) is 29.4 Å². The SMILES string of the molecule is COc1cc(-c2nncc(N)n2)c(OC)c(C)c1C. The van der Waals surface area contributed by atoms with Crippen molar-refractivity contribution in [1.82, 2.24) is 15.2 Å². The number of nitrogens with two attached hydrogens (primary N) is 1. The molecule has 0 bridgehead atoms. The second kappa shape index (κ2) is 5.09. The van der Waals surface area contributed by atoms with Gasteiger partial charge >= 0.3 is 0 Å². The van der Waals surface area contributed by atoms with Gasteiger partial charge in [0, 0.05) is 0 Å². The Kier molecular flexibility index (Phi) is 3.50. The highest BCUT2D eigenvalue weighted by Gasteiger charge is 2.17. The van der Waals surface area contributed by atoms with Gasteiger partial charge in [0.15, 0.2) is 5.82 Å². The predicted octanol–water partition coefficient (Wildman–Crippen LogP) is 1.75. The third kappa shape index (κ3) is 2.29. The molecule has 0 spiro atoms. The van der Waals surface area contributed by atoms with Crippen LogP contribution in [0.1, 0.15) is 11.1 Å². The molecular weight excluding hydrogens is 244 g/mol. The van der Waals surface area contributed by atoms with Gasteiger partial charge in [-0.2, -0.15) is 5.10 Å². The van der Waals surface area contributed by atoms with Crippen molar-refractivity contribution in [3.63, 3.8) is 0 Å². The maximum atomic E-state index is 5.64. The normalized spacial score (nSPS) is 10.3. The second-order valence-corrected chi connectivity index (χ2v) is 4.11. The van der Waals surface area contributed by atoms with Crippen LogP contribution in [0.3, 0.4) is 0 Å². The van der Waals surface area contributed by atoms with Crippen molar-refractivity contribution >= 4 is 5.82 Å². The number of hydrogen-bond donors (Lipinski definition) is 1. The van der Waals surface area contributed by atoms with Crippen LogP contribution in [0, 0.1) is 13.8 Å². The highest BCUT2D eigenvalue weighted by atomic mass is 16.5. The quantitative estimate of drug-likeness (QED) is 0.905. The summed E-state index contributed by atoms with van der Waals surface area (Å²) < 4.78 is 10.8. The Morgan fingerprint density at radius 1 is 1.11 bits per heavy atom. The predicted molar refractivity (Wildman–Crippen MR) is 72.3 cm³/mol. The molecule has 2 aromatic rings. The van der Waals surface area contributed by atoms with Gasteiger partial charge in [-0.3, -0.25) is 0 Å². The molecule has 0 saturated heterocycles. The van der Waals surface area contributed by atoms with E-state index in [0.29, 0.717) is 23.0 Å². The van der Waals surface area contributed by atoms with Gasteiger partial charge in [0.25, 0.3) is 0 Å². The molecule has 0 unspecified atom stereocenters. The lowest BCUT2D eigenvalue weighted by Crippen LogP contribution is -2.02. The van der Waals surface area contributed by atoms with E-state index in [1.54, 1.807) is 14.2 Å². The van der Waals surface area contributed by atoms with Crippen molar-refractivity contribution in [3.05, 3.63) is 23.4 Å². The van der Waals surface area contributed by atoms with Crippen molar-refractivity contribution in [1.29, 1.82) is 0 Å². The van der Waals surface area contributed by atoms with Gasteiger partial charge in [0.2, 0.25) is 0 Å². The monoisotopic (exact) mass is 260 g/mol. The number of aromatic nitrogens is 3. The Balaban J connectivity index is 2.71. The van der Waals surface area contributed by atoms with E-state index in [1.807, 2.05) is 19.9 Å². The van der Waals surface area contributed by atoms with Gasteiger partial charge < -0.3 is 15.2 Å². The molecule has 0 aliphatic carbocycles. The summed E-state index contributed by atoms with van der Waals surface area (Å²) in [7, 11) is 3.23. The summed E-state index contributed by atoms with van der Waals surface area (Å²) in [6, 6.07) is 1.83. The Morgan fingerprint density at radius 3 is 2.42 bits per heavy atom. The Hall–Kier alpha value is -2.37. The topological polar surface area (TPSA) is 83.2 Å². The average Bonchev–Trinajstić information content (AvgIpc) is 2.41. The number of methoxy groups -OCH3 is 2. The van der Waals surface area contributed by atoms with Crippen LogP contribution >= 0.6 is 0 Å². The first-order chi connectivity index (χ1) is 9.08. The minimum atomic E-state index is 0.309. The van der Waals surface area contributed by atoms with Gasteiger partial charge in [-0.05, 0) is 31.0 Å². The number of rotatable bonds is 3. The zero-order valence-corrected chi connectivity index (χ0v) is 11.4. The first-order valence-corrected chi connectivity index (χ1v) is 5.76.